The molecule has 1 amide bonds. The van der Waals surface area contributed by atoms with E-state index in [-0.39, 0.29) is 36.1 Å². The van der Waals surface area contributed by atoms with E-state index in [2.05, 4.69) is 20.3 Å². The van der Waals surface area contributed by atoms with Crippen molar-refractivity contribution in [2.75, 3.05) is 13.7 Å². The first-order valence-corrected chi connectivity index (χ1v) is 10.2. The van der Waals surface area contributed by atoms with Crippen LogP contribution in [0.15, 0.2) is 29.4 Å². The summed E-state index contributed by atoms with van der Waals surface area (Å²) in [4.78, 5) is 25.4. The first-order valence-electron chi connectivity index (χ1n) is 10.2. The molecule has 0 spiro atoms. The minimum absolute atomic E-state index is 0.00191. The highest BCUT2D eigenvalue weighted by atomic mass is 19.3. The molecule has 2 aliphatic rings. The van der Waals surface area contributed by atoms with Crippen molar-refractivity contribution in [3.63, 3.8) is 0 Å². The third-order valence-electron chi connectivity index (χ3n) is 5.44. The number of ether oxygens (including phenoxy) is 2. The summed E-state index contributed by atoms with van der Waals surface area (Å²) in [5.41, 5.74) is 2.35. The molecule has 2 unspecified atom stereocenters. The van der Waals surface area contributed by atoms with Crippen molar-refractivity contribution in [2.24, 2.45) is 10.9 Å². The molecule has 3 heterocycles. The molecule has 0 bridgehead atoms. The summed E-state index contributed by atoms with van der Waals surface area (Å²) in [7, 11) is 1.52. The molecule has 0 saturated heterocycles. The fraction of sp³-hybridized carbons (Fsp3) is 0.455. The summed E-state index contributed by atoms with van der Waals surface area (Å²) < 4.78 is 38.0. The summed E-state index contributed by atoms with van der Waals surface area (Å²) in [6, 6.07) is 4.11. The van der Waals surface area contributed by atoms with Gasteiger partial charge in [0.05, 0.1) is 24.9 Å². The van der Waals surface area contributed by atoms with Crippen LogP contribution in [-0.4, -0.2) is 35.3 Å². The third kappa shape index (κ3) is 4.50. The van der Waals surface area contributed by atoms with Crippen LogP contribution in [0.1, 0.15) is 67.6 Å². The van der Waals surface area contributed by atoms with Gasteiger partial charge in [0, 0.05) is 41.1 Å². The summed E-state index contributed by atoms with van der Waals surface area (Å²) in [6.45, 7) is 3.30. The number of halogens is 2. The van der Waals surface area contributed by atoms with Crippen LogP contribution in [0.2, 0.25) is 0 Å². The van der Waals surface area contributed by atoms with Crippen molar-refractivity contribution in [3.8, 4) is 11.8 Å². The second-order valence-electron chi connectivity index (χ2n) is 7.79. The van der Waals surface area contributed by atoms with Crippen molar-refractivity contribution in [1.82, 2.24) is 15.3 Å². The monoisotopic (exact) mass is 430 g/mol. The predicted molar refractivity (Wildman–Crippen MR) is 110 cm³/mol. The average Bonchev–Trinajstić information content (AvgIpc) is 3.55. The largest absolute Gasteiger partial charge is 0.481 e. The summed E-state index contributed by atoms with van der Waals surface area (Å²) >= 11 is 0. The molecule has 1 aliphatic carbocycles. The highest BCUT2D eigenvalue weighted by Gasteiger charge is 2.38. The number of alkyl halides is 2. The Morgan fingerprint density at radius 1 is 1.29 bits per heavy atom. The van der Waals surface area contributed by atoms with Gasteiger partial charge in [-0.2, -0.15) is 0 Å². The van der Waals surface area contributed by atoms with E-state index in [1.165, 1.54) is 13.2 Å². The Kier molecular flexibility index (Phi) is 5.84. The number of methoxy groups -OCH3 is 1. The number of hydrogen-bond donors (Lipinski definition) is 1. The second kappa shape index (κ2) is 8.56. The van der Waals surface area contributed by atoms with Gasteiger partial charge >= 0.3 is 0 Å². The van der Waals surface area contributed by atoms with Crippen molar-refractivity contribution in [2.45, 2.75) is 45.2 Å². The normalized spacial score (nSPS) is 18.4. The van der Waals surface area contributed by atoms with Crippen LogP contribution in [0.5, 0.6) is 11.8 Å². The van der Waals surface area contributed by atoms with E-state index in [0.29, 0.717) is 17.1 Å². The lowest BCUT2D eigenvalue weighted by Gasteiger charge is -2.16. The Hall–Kier alpha value is -3.10. The van der Waals surface area contributed by atoms with Gasteiger partial charge in [-0.1, -0.05) is 6.07 Å². The van der Waals surface area contributed by atoms with Crippen LogP contribution in [-0.2, 0) is 4.79 Å². The van der Waals surface area contributed by atoms with Gasteiger partial charge in [0.25, 0.3) is 12.3 Å². The number of pyridine rings is 2. The molecule has 2 aromatic heterocycles. The van der Waals surface area contributed by atoms with E-state index in [1.54, 1.807) is 18.3 Å². The van der Waals surface area contributed by atoms with Crippen LogP contribution < -0.4 is 14.8 Å². The molecule has 164 valence electrons. The molecular formula is C22H24F2N4O3. The summed E-state index contributed by atoms with van der Waals surface area (Å²) in [5, 5.41) is 2.79. The van der Waals surface area contributed by atoms with Crippen molar-refractivity contribution >= 4 is 11.6 Å². The Morgan fingerprint density at radius 3 is 2.68 bits per heavy atom. The van der Waals surface area contributed by atoms with Crippen molar-refractivity contribution in [3.05, 3.63) is 46.8 Å². The standard InChI is InChI=1S/C22H24F2N4O3/c1-11(14-6-7-17(30-3)25-9-14)26-16(29)10-31-18-8-15(22(23)24)19-20(28-18)12(2)27-21(19)13-4-5-13/h6-9,11-13,22H,4-5,10H2,1-3H3,(H,26,29). The van der Waals surface area contributed by atoms with Crippen LogP contribution in [0, 0.1) is 5.92 Å². The number of nitrogens with zero attached hydrogens (tertiary/aromatic N) is 3. The number of aromatic nitrogens is 2. The highest BCUT2D eigenvalue weighted by molar-refractivity contribution is 6.07. The predicted octanol–water partition coefficient (Wildman–Crippen LogP) is 3.95. The molecule has 1 saturated carbocycles. The second-order valence-corrected chi connectivity index (χ2v) is 7.79. The number of carbonyl (C=O) groups excluding carboxylic acids is 1. The first-order chi connectivity index (χ1) is 14.9. The molecule has 9 heteroatoms. The number of rotatable bonds is 8. The SMILES string of the molecule is COc1ccc(C(C)NC(=O)COc2cc(C(F)F)c3c(n2)C(C)N=C3C2CC2)cn1. The molecule has 31 heavy (non-hydrogen) atoms. The van der Waals surface area contributed by atoms with E-state index in [0.717, 1.165) is 24.1 Å². The lowest BCUT2D eigenvalue weighted by atomic mass is 9.99. The number of carbonyl (C=O) groups is 1. The van der Waals surface area contributed by atoms with Crippen molar-refractivity contribution in [1.29, 1.82) is 0 Å². The van der Waals surface area contributed by atoms with Crippen LogP contribution in [0.25, 0.3) is 0 Å². The smallest absolute Gasteiger partial charge is 0.264 e. The molecule has 4 rings (SSSR count). The van der Waals surface area contributed by atoms with Gasteiger partial charge in [-0.15, -0.1) is 0 Å². The summed E-state index contributed by atoms with van der Waals surface area (Å²) in [6.07, 6.45) is 0.868. The maximum Gasteiger partial charge on any atom is 0.264 e. The van der Waals surface area contributed by atoms with Gasteiger partial charge < -0.3 is 14.8 Å². The Labute approximate surface area is 178 Å². The molecule has 1 N–H and O–H groups in total. The molecule has 0 radical (unpaired) electrons. The van der Waals surface area contributed by atoms with Crippen LogP contribution >= 0.6 is 0 Å². The maximum atomic E-state index is 13.8. The van der Waals surface area contributed by atoms with Gasteiger partial charge in [-0.25, -0.2) is 18.7 Å². The third-order valence-corrected chi connectivity index (χ3v) is 5.44. The fourth-order valence-corrected chi connectivity index (χ4v) is 3.66. The zero-order valence-electron chi connectivity index (χ0n) is 17.6. The van der Waals surface area contributed by atoms with E-state index >= 15 is 0 Å². The molecule has 2 aromatic rings. The molecule has 7 nitrogen and oxygen atoms in total. The zero-order chi connectivity index (χ0) is 22.1. The quantitative estimate of drug-likeness (QED) is 0.685. The molecule has 0 aromatic carbocycles. The lowest BCUT2D eigenvalue weighted by molar-refractivity contribution is -0.123. The zero-order valence-corrected chi connectivity index (χ0v) is 17.6. The molecular weight excluding hydrogens is 406 g/mol. The Bertz CT molecular complexity index is 1010. The maximum absolute atomic E-state index is 13.8. The van der Waals surface area contributed by atoms with E-state index in [4.69, 9.17) is 9.47 Å². The topological polar surface area (TPSA) is 85.7 Å². The average molecular weight is 430 g/mol. The molecule has 1 aliphatic heterocycles. The Morgan fingerprint density at radius 2 is 2.06 bits per heavy atom. The lowest BCUT2D eigenvalue weighted by Crippen LogP contribution is -2.31. The number of amides is 1. The van der Waals surface area contributed by atoms with Crippen LogP contribution in [0.4, 0.5) is 8.78 Å². The fourth-order valence-electron chi connectivity index (χ4n) is 3.66. The molecule has 2 atom stereocenters. The van der Waals surface area contributed by atoms with Crippen molar-refractivity contribution < 1.29 is 23.0 Å². The van der Waals surface area contributed by atoms with Gasteiger partial charge in [-0.05, 0) is 32.3 Å². The minimum atomic E-state index is -2.68. The van der Waals surface area contributed by atoms with Gasteiger partial charge in [-0.3, -0.25) is 9.79 Å². The van der Waals surface area contributed by atoms with Crippen LogP contribution in [0.3, 0.4) is 0 Å². The number of fused-ring (bicyclic) bond motifs is 1. The Balaban J connectivity index is 1.43. The number of hydrogen-bond acceptors (Lipinski definition) is 6. The van der Waals surface area contributed by atoms with Gasteiger partial charge in [0.15, 0.2) is 6.61 Å². The highest BCUT2D eigenvalue weighted by Crippen LogP contribution is 2.44. The molecule has 1 fully saturated rings. The van der Waals surface area contributed by atoms with E-state index < -0.39 is 12.3 Å². The number of nitrogens with one attached hydrogen (secondary N) is 1. The van der Waals surface area contributed by atoms with Gasteiger partial charge in [0.2, 0.25) is 11.8 Å². The van der Waals surface area contributed by atoms with Gasteiger partial charge in [0.1, 0.15) is 0 Å². The number of aliphatic imine (C=N–C) groups is 1. The first kappa shape index (κ1) is 21.1. The van der Waals surface area contributed by atoms with E-state index in [9.17, 15) is 13.6 Å². The van der Waals surface area contributed by atoms with E-state index in [1.807, 2.05) is 13.8 Å². The minimum Gasteiger partial charge on any atom is -0.481 e. The summed E-state index contributed by atoms with van der Waals surface area (Å²) in [5.74, 6) is 0.329.